The van der Waals surface area contributed by atoms with E-state index in [1.807, 2.05) is 43.3 Å². The smallest absolute Gasteiger partial charge is 0.407 e. The van der Waals surface area contributed by atoms with Gasteiger partial charge in [0.15, 0.2) is 0 Å². The fourth-order valence-electron chi connectivity index (χ4n) is 2.38. The van der Waals surface area contributed by atoms with E-state index in [0.29, 0.717) is 11.3 Å². The first kappa shape index (κ1) is 18.8. The summed E-state index contributed by atoms with van der Waals surface area (Å²) in [7, 11) is 0. The molecule has 0 heterocycles. The summed E-state index contributed by atoms with van der Waals surface area (Å²) in [6.45, 7) is 1.98. The second kappa shape index (κ2) is 9.05. The number of hydrogen-bond donors (Lipinski definition) is 4. The zero-order chi connectivity index (χ0) is 18.2. The number of nitrogen functional groups attached to an aromatic ring is 1. The molecule has 2 rings (SSSR count). The standard InChI is InChI=1S/C19H24N2O4/c1-2-13-8-9-16(20)15(10-13)18(23)17(22)11-21-19(24)25-12-14-6-4-3-5-7-14/h3-10,17-18,22-23H,2,11-12,20H2,1H3,(H,21,24). The molecule has 0 aliphatic rings. The molecular weight excluding hydrogens is 320 g/mol. The highest BCUT2D eigenvalue weighted by Gasteiger charge is 2.21. The maximum Gasteiger partial charge on any atom is 0.407 e. The third-order valence-corrected chi connectivity index (χ3v) is 3.91. The van der Waals surface area contributed by atoms with Gasteiger partial charge in [0, 0.05) is 17.8 Å². The summed E-state index contributed by atoms with van der Waals surface area (Å²) in [5.41, 5.74) is 8.59. The SMILES string of the molecule is CCc1ccc(N)c(C(O)C(O)CNC(=O)OCc2ccccc2)c1. The quantitative estimate of drug-likeness (QED) is 0.576. The first-order valence-corrected chi connectivity index (χ1v) is 8.20. The van der Waals surface area contributed by atoms with Crippen molar-refractivity contribution in [3.05, 3.63) is 65.2 Å². The second-order valence-corrected chi connectivity index (χ2v) is 5.77. The van der Waals surface area contributed by atoms with Gasteiger partial charge >= 0.3 is 6.09 Å². The Morgan fingerprint density at radius 3 is 2.56 bits per heavy atom. The summed E-state index contributed by atoms with van der Waals surface area (Å²) in [6.07, 6.45) is -2.26. The number of carbonyl (C=O) groups excluding carboxylic acids is 1. The molecule has 2 unspecified atom stereocenters. The van der Waals surface area contributed by atoms with Crippen LogP contribution in [0.1, 0.15) is 29.7 Å². The number of alkyl carbamates (subject to hydrolysis) is 1. The Morgan fingerprint density at radius 1 is 1.16 bits per heavy atom. The number of rotatable bonds is 7. The number of nitrogens with one attached hydrogen (secondary N) is 1. The molecular formula is C19H24N2O4. The Balaban J connectivity index is 1.84. The number of benzene rings is 2. The fraction of sp³-hybridized carbons (Fsp3) is 0.316. The van der Waals surface area contributed by atoms with Crippen molar-refractivity contribution >= 4 is 11.8 Å². The first-order chi connectivity index (χ1) is 12.0. The highest BCUT2D eigenvalue weighted by Crippen LogP contribution is 2.24. The van der Waals surface area contributed by atoms with Crippen LogP contribution in [-0.4, -0.2) is 29.0 Å². The zero-order valence-corrected chi connectivity index (χ0v) is 14.2. The molecule has 0 radical (unpaired) electrons. The van der Waals surface area contributed by atoms with Crippen molar-refractivity contribution < 1.29 is 19.7 Å². The maximum atomic E-state index is 11.7. The van der Waals surface area contributed by atoms with Crippen molar-refractivity contribution in [2.24, 2.45) is 0 Å². The van der Waals surface area contributed by atoms with Crippen LogP contribution in [0.3, 0.4) is 0 Å². The molecule has 2 atom stereocenters. The minimum atomic E-state index is -1.20. The molecule has 6 nitrogen and oxygen atoms in total. The van der Waals surface area contributed by atoms with Gasteiger partial charge in [-0.05, 0) is 23.6 Å². The lowest BCUT2D eigenvalue weighted by Crippen LogP contribution is -2.36. The molecule has 2 aromatic rings. The lowest BCUT2D eigenvalue weighted by Gasteiger charge is -2.20. The summed E-state index contributed by atoms with van der Waals surface area (Å²) < 4.78 is 5.06. The van der Waals surface area contributed by atoms with E-state index in [1.54, 1.807) is 12.1 Å². The molecule has 0 aliphatic carbocycles. The minimum absolute atomic E-state index is 0.136. The second-order valence-electron chi connectivity index (χ2n) is 5.77. The van der Waals surface area contributed by atoms with Crippen LogP contribution in [0.2, 0.25) is 0 Å². The van der Waals surface area contributed by atoms with Gasteiger partial charge in [-0.3, -0.25) is 0 Å². The van der Waals surface area contributed by atoms with E-state index in [1.165, 1.54) is 0 Å². The summed E-state index contributed by atoms with van der Waals surface area (Å²) in [5.74, 6) is 0. The average molecular weight is 344 g/mol. The summed E-state index contributed by atoms with van der Waals surface area (Å²) >= 11 is 0. The number of aryl methyl sites for hydroxylation is 1. The van der Waals surface area contributed by atoms with Crippen LogP contribution >= 0.6 is 0 Å². The van der Waals surface area contributed by atoms with E-state index in [2.05, 4.69) is 5.32 Å². The van der Waals surface area contributed by atoms with Crippen molar-refractivity contribution in [3.8, 4) is 0 Å². The average Bonchev–Trinajstić information content (AvgIpc) is 2.65. The third-order valence-electron chi connectivity index (χ3n) is 3.91. The molecule has 6 heteroatoms. The van der Waals surface area contributed by atoms with Gasteiger partial charge in [-0.25, -0.2) is 4.79 Å². The lowest BCUT2D eigenvalue weighted by molar-refractivity contribution is 0.0188. The molecule has 2 aromatic carbocycles. The summed E-state index contributed by atoms with van der Waals surface area (Å²) in [4.78, 5) is 11.7. The fourth-order valence-corrected chi connectivity index (χ4v) is 2.38. The van der Waals surface area contributed by atoms with Gasteiger partial charge in [0.25, 0.3) is 0 Å². The van der Waals surface area contributed by atoms with Crippen LogP contribution in [0, 0.1) is 0 Å². The van der Waals surface area contributed by atoms with E-state index in [-0.39, 0.29) is 13.2 Å². The lowest BCUT2D eigenvalue weighted by atomic mass is 9.99. The van der Waals surface area contributed by atoms with Gasteiger partial charge < -0.3 is 26.0 Å². The van der Waals surface area contributed by atoms with Gasteiger partial charge in [0.2, 0.25) is 0 Å². The Morgan fingerprint density at radius 2 is 1.88 bits per heavy atom. The van der Waals surface area contributed by atoms with E-state index < -0.39 is 18.3 Å². The normalized spacial score (nSPS) is 13.1. The molecule has 0 bridgehead atoms. The Hall–Kier alpha value is -2.57. The molecule has 0 aliphatic heterocycles. The van der Waals surface area contributed by atoms with Gasteiger partial charge in [0.05, 0.1) is 0 Å². The monoisotopic (exact) mass is 344 g/mol. The van der Waals surface area contributed by atoms with Crippen molar-refractivity contribution in [2.45, 2.75) is 32.2 Å². The Labute approximate surface area is 147 Å². The highest BCUT2D eigenvalue weighted by molar-refractivity contribution is 5.67. The molecule has 0 fully saturated rings. The van der Waals surface area contributed by atoms with Gasteiger partial charge in [-0.2, -0.15) is 0 Å². The first-order valence-electron chi connectivity index (χ1n) is 8.20. The molecule has 1 amide bonds. The molecule has 0 aromatic heterocycles. The van der Waals surface area contributed by atoms with Crippen molar-refractivity contribution in [1.82, 2.24) is 5.32 Å². The molecule has 0 spiro atoms. The zero-order valence-electron chi connectivity index (χ0n) is 14.2. The van der Waals surface area contributed by atoms with Crippen LogP contribution in [-0.2, 0) is 17.8 Å². The Bertz CT molecular complexity index is 691. The topological polar surface area (TPSA) is 105 Å². The van der Waals surface area contributed by atoms with Crippen LogP contribution in [0.15, 0.2) is 48.5 Å². The molecule has 25 heavy (non-hydrogen) atoms. The van der Waals surface area contributed by atoms with E-state index in [9.17, 15) is 15.0 Å². The largest absolute Gasteiger partial charge is 0.445 e. The van der Waals surface area contributed by atoms with Crippen LogP contribution in [0.4, 0.5) is 10.5 Å². The molecule has 134 valence electrons. The number of nitrogens with two attached hydrogens (primary N) is 1. The Kier molecular flexibility index (Phi) is 6.80. The number of carbonyl (C=O) groups is 1. The number of ether oxygens (including phenoxy) is 1. The summed E-state index contributed by atoms with van der Waals surface area (Å²) in [6, 6.07) is 14.6. The number of aliphatic hydroxyl groups excluding tert-OH is 2. The van der Waals surface area contributed by atoms with Gasteiger partial charge in [-0.15, -0.1) is 0 Å². The van der Waals surface area contributed by atoms with Crippen molar-refractivity contribution in [3.63, 3.8) is 0 Å². The predicted octanol–water partition coefficient (Wildman–Crippen LogP) is 2.15. The van der Waals surface area contributed by atoms with Crippen LogP contribution in [0.5, 0.6) is 0 Å². The van der Waals surface area contributed by atoms with E-state index >= 15 is 0 Å². The van der Waals surface area contributed by atoms with Crippen molar-refractivity contribution in [2.75, 3.05) is 12.3 Å². The predicted molar refractivity (Wildman–Crippen MR) is 95.8 cm³/mol. The third kappa shape index (κ3) is 5.48. The van der Waals surface area contributed by atoms with Gasteiger partial charge in [0.1, 0.15) is 18.8 Å². The summed E-state index contributed by atoms with van der Waals surface area (Å²) in [5, 5.41) is 22.8. The van der Waals surface area contributed by atoms with Crippen LogP contribution in [0.25, 0.3) is 0 Å². The van der Waals surface area contributed by atoms with Gasteiger partial charge in [-0.1, -0.05) is 49.4 Å². The highest BCUT2D eigenvalue weighted by atomic mass is 16.5. The molecule has 0 saturated carbocycles. The molecule has 0 saturated heterocycles. The molecule has 5 N–H and O–H groups in total. The maximum absolute atomic E-state index is 11.7. The number of aliphatic hydroxyl groups is 2. The number of anilines is 1. The number of hydrogen-bond acceptors (Lipinski definition) is 5. The minimum Gasteiger partial charge on any atom is -0.445 e. The van der Waals surface area contributed by atoms with E-state index in [4.69, 9.17) is 10.5 Å². The van der Waals surface area contributed by atoms with Crippen LogP contribution < -0.4 is 11.1 Å². The van der Waals surface area contributed by atoms with E-state index in [0.717, 1.165) is 17.5 Å². The number of amides is 1. The van der Waals surface area contributed by atoms with Crippen molar-refractivity contribution in [1.29, 1.82) is 0 Å².